The second-order valence-electron chi connectivity index (χ2n) is 7.78. The van der Waals surface area contributed by atoms with Crippen molar-refractivity contribution in [1.82, 2.24) is 5.09 Å². The highest BCUT2D eigenvalue weighted by Gasteiger charge is 2.40. The number of nitrogens with one attached hydrogen (secondary N) is 1. The molecular formula is C22H25F5NO5P. The Morgan fingerprint density at radius 3 is 1.94 bits per heavy atom. The van der Waals surface area contributed by atoms with Gasteiger partial charge >= 0.3 is 13.7 Å². The minimum Gasteiger partial charge on any atom is -0.461 e. The van der Waals surface area contributed by atoms with Gasteiger partial charge in [0, 0.05) is 0 Å². The second kappa shape index (κ2) is 11.7. The van der Waals surface area contributed by atoms with E-state index in [4.69, 9.17) is 13.8 Å². The molecule has 2 unspecified atom stereocenters. The fourth-order valence-corrected chi connectivity index (χ4v) is 4.54. The number of esters is 1. The topological polar surface area (TPSA) is 73.9 Å². The van der Waals surface area contributed by atoms with E-state index in [1.54, 1.807) is 26.8 Å². The molecule has 0 spiro atoms. The number of ether oxygens (including phenoxy) is 1. The predicted octanol–water partition coefficient (Wildman–Crippen LogP) is 6.29. The molecule has 3 atom stereocenters. The summed E-state index contributed by atoms with van der Waals surface area (Å²) in [5.41, 5.74) is 0. The van der Waals surface area contributed by atoms with Gasteiger partial charge in [-0.15, -0.1) is 0 Å². The van der Waals surface area contributed by atoms with E-state index in [1.165, 1.54) is 24.3 Å². The summed E-state index contributed by atoms with van der Waals surface area (Å²) < 4.78 is 98.2. The van der Waals surface area contributed by atoms with Crippen molar-refractivity contribution in [1.29, 1.82) is 0 Å². The Morgan fingerprint density at radius 2 is 1.44 bits per heavy atom. The molecule has 1 N–H and O–H groups in total. The third kappa shape index (κ3) is 6.70. The molecule has 0 aliphatic carbocycles. The van der Waals surface area contributed by atoms with Gasteiger partial charge in [-0.3, -0.25) is 4.79 Å². The lowest BCUT2D eigenvalue weighted by molar-refractivity contribution is -0.151. The summed E-state index contributed by atoms with van der Waals surface area (Å²) in [6.45, 7) is 6.62. The van der Waals surface area contributed by atoms with Crippen LogP contribution < -0.4 is 14.1 Å². The smallest absolute Gasteiger partial charge is 0.461 e. The Bertz CT molecular complexity index is 1020. The first-order valence-electron chi connectivity index (χ1n) is 10.4. The maximum absolute atomic E-state index is 14.2. The van der Waals surface area contributed by atoms with Gasteiger partial charge in [0.15, 0.2) is 0 Å². The number of halogens is 5. The standard InChI is InChI=1S/C22H25F5NO5P/c1-5-9-13(4)31-22(29)20(12(2)3)28-34(30,32-14-10-7-6-8-11-14)33-21-18(26)16(24)15(23)17(25)19(21)27/h6-8,10-13,20H,5,9H2,1-4H3,(H,28,30)/t13?,20?,34-/m0/s1. The van der Waals surface area contributed by atoms with Crippen LogP contribution in [0.1, 0.15) is 40.5 Å². The minimum absolute atomic E-state index is 0.127. The molecular weight excluding hydrogens is 484 g/mol. The molecule has 6 nitrogen and oxygen atoms in total. The molecule has 0 radical (unpaired) electrons. The Balaban J connectivity index is 2.49. The highest BCUT2D eigenvalue weighted by Crippen LogP contribution is 2.48. The molecule has 0 aromatic heterocycles. The van der Waals surface area contributed by atoms with Crippen molar-refractivity contribution in [3.63, 3.8) is 0 Å². The Hall–Kier alpha value is -2.65. The fourth-order valence-electron chi connectivity index (χ4n) is 2.86. The lowest BCUT2D eigenvalue weighted by Crippen LogP contribution is -2.43. The molecule has 34 heavy (non-hydrogen) atoms. The molecule has 0 bridgehead atoms. The van der Waals surface area contributed by atoms with Gasteiger partial charge in [-0.25, -0.2) is 17.7 Å². The van der Waals surface area contributed by atoms with E-state index < -0.39 is 66.6 Å². The first-order valence-corrected chi connectivity index (χ1v) is 12.0. The number of para-hydroxylation sites is 1. The summed E-state index contributed by atoms with van der Waals surface area (Å²) in [5, 5.41) is 2.25. The molecule has 2 rings (SSSR count). The van der Waals surface area contributed by atoms with Crippen molar-refractivity contribution >= 4 is 13.7 Å². The Kier molecular flexibility index (Phi) is 9.46. The van der Waals surface area contributed by atoms with E-state index in [1.807, 2.05) is 6.92 Å². The minimum atomic E-state index is -4.98. The van der Waals surface area contributed by atoms with Crippen molar-refractivity contribution in [3.05, 3.63) is 59.4 Å². The van der Waals surface area contributed by atoms with E-state index in [9.17, 15) is 31.3 Å². The zero-order valence-corrected chi connectivity index (χ0v) is 19.8. The van der Waals surface area contributed by atoms with Crippen molar-refractivity contribution < 1.29 is 45.1 Å². The number of rotatable bonds is 11. The molecule has 0 heterocycles. The van der Waals surface area contributed by atoms with Gasteiger partial charge in [-0.2, -0.15) is 13.9 Å². The SMILES string of the molecule is CCCC(C)OC(=O)C(N[P@](=O)(Oc1ccccc1)Oc1c(F)c(F)c(F)c(F)c1F)C(C)C. The first-order chi connectivity index (χ1) is 15.9. The average molecular weight is 509 g/mol. The fraction of sp³-hybridized carbons (Fsp3) is 0.409. The second-order valence-corrected chi connectivity index (χ2v) is 9.40. The summed E-state index contributed by atoms with van der Waals surface area (Å²) in [6, 6.07) is 5.76. The van der Waals surface area contributed by atoms with E-state index in [0.29, 0.717) is 12.8 Å². The maximum Gasteiger partial charge on any atom is 0.513 e. The van der Waals surface area contributed by atoms with Crippen molar-refractivity contribution in [2.75, 3.05) is 0 Å². The van der Waals surface area contributed by atoms with Gasteiger partial charge in [0.2, 0.25) is 34.8 Å². The number of carbonyl (C=O) groups is 1. The summed E-state index contributed by atoms with van der Waals surface area (Å²) in [7, 11) is -4.98. The number of carbonyl (C=O) groups excluding carboxylic acids is 1. The van der Waals surface area contributed by atoms with Crippen LogP contribution in [-0.2, 0) is 14.1 Å². The van der Waals surface area contributed by atoms with E-state index in [0.717, 1.165) is 0 Å². The molecule has 2 aromatic rings. The molecule has 0 saturated heterocycles. The lowest BCUT2D eigenvalue weighted by Gasteiger charge is -2.27. The van der Waals surface area contributed by atoms with E-state index >= 15 is 0 Å². The van der Waals surface area contributed by atoms with Crippen LogP contribution in [0, 0.1) is 35.0 Å². The van der Waals surface area contributed by atoms with Gasteiger partial charge in [0.25, 0.3) is 0 Å². The monoisotopic (exact) mass is 509 g/mol. The van der Waals surface area contributed by atoms with Crippen LogP contribution in [0.4, 0.5) is 22.0 Å². The van der Waals surface area contributed by atoms with Gasteiger partial charge in [0.05, 0.1) is 6.10 Å². The zero-order valence-electron chi connectivity index (χ0n) is 18.9. The average Bonchev–Trinajstić information content (AvgIpc) is 2.78. The van der Waals surface area contributed by atoms with Gasteiger partial charge < -0.3 is 13.8 Å². The number of hydrogen-bond donors (Lipinski definition) is 1. The lowest BCUT2D eigenvalue weighted by atomic mass is 10.1. The summed E-state index contributed by atoms with van der Waals surface area (Å²) in [5.74, 6) is -15.1. The highest BCUT2D eigenvalue weighted by atomic mass is 31.2. The van der Waals surface area contributed by atoms with Gasteiger partial charge in [-0.05, 0) is 31.4 Å². The number of hydrogen-bond acceptors (Lipinski definition) is 5. The molecule has 2 aromatic carbocycles. The van der Waals surface area contributed by atoms with Gasteiger partial charge in [-0.1, -0.05) is 45.4 Å². The summed E-state index contributed by atoms with van der Waals surface area (Å²) >= 11 is 0. The van der Waals surface area contributed by atoms with Crippen molar-refractivity contribution in [2.45, 2.75) is 52.7 Å². The predicted molar refractivity (Wildman–Crippen MR) is 114 cm³/mol. The van der Waals surface area contributed by atoms with Gasteiger partial charge in [0.1, 0.15) is 11.8 Å². The molecule has 0 aliphatic heterocycles. The third-order valence-electron chi connectivity index (χ3n) is 4.58. The summed E-state index contributed by atoms with van der Waals surface area (Å²) in [4.78, 5) is 12.7. The van der Waals surface area contributed by atoms with Crippen LogP contribution in [0.3, 0.4) is 0 Å². The molecule has 0 fully saturated rings. The molecule has 0 amide bonds. The normalized spacial score (nSPS) is 14.9. The van der Waals surface area contributed by atoms with Crippen molar-refractivity contribution in [2.24, 2.45) is 5.92 Å². The molecule has 12 heteroatoms. The van der Waals surface area contributed by atoms with Crippen LogP contribution in [0.2, 0.25) is 0 Å². The first kappa shape index (κ1) is 27.6. The van der Waals surface area contributed by atoms with Crippen LogP contribution >= 0.6 is 7.75 Å². The van der Waals surface area contributed by atoms with E-state index in [2.05, 4.69) is 5.09 Å². The maximum atomic E-state index is 14.2. The van der Waals surface area contributed by atoms with Crippen LogP contribution in [0.5, 0.6) is 11.5 Å². The van der Waals surface area contributed by atoms with Crippen LogP contribution in [0.15, 0.2) is 30.3 Å². The van der Waals surface area contributed by atoms with Crippen molar-refractivity contribution in [3.8, 4) is 11.5 Å². The van der Waals surface area contributed by atoms with Crippen LogP contribution in [-0.4, -0.2) is 18.1 Å². The van der Waals surface area contributed by atoms with Crippen LogP contribution in [0.25, 0.3) is 0 Å². The summed E-state index contributed by atoms with van der Waals surface area (Å²) in [6.07, 6.45) is 0.759. The molecule has 0 aliphatic rings. The largest absolute Gasteiger partial charge is 0.513 e. The highest BCUT2D eigenvalue weighted by molar-refractivity contribution is 7.52. The van der Waals surface area contributed by atoms with E-state index in [-0.39, 0.29) is 5.75 Å². The zero-order chi connectivity index (χ0) is 25.6. The molecule has 0 saturated carbocycles. The Labute approximate surface area is 194 Å². The molecule has 188 valence electrons. The Morgan fingerprint density at radius 1 is 0.912 bits per heavy atom. The number of benzene rings is 2. The quantitative estimate of drug-likeness (QED) is 0.126. The third-order valence-corrected chi connectivity index (χ3v) is 6.05.